The zero-order chi connectivity index (χ0) is 17.9. The number of benzene rings is 1. The first-order valence-electron chi connectivity index (χ1n) is 7.49. The summed E-state index contributed by atoms with van der Waals surface area (Å²) in [7, 11) is 0. The van der Waals surface area contributed by atoms with E-state index in [4.69, 9.17) is 4.74 Å². The van der Waals surface area contributed by atoms with Gasteiger partial charge in [-0.25, -0.2) is 9.78 Å². The van der Waals surface area contributed by atoms with Crippen molar-refractivity contribution in [3.8, 4) is 6.07 Å². The van der Waals surface area contributed by atoms with Gasteiger partial charge in [-0.1, -0.05) is 12.1 Å². The fourth-order valence-corrected chi connectivity index (χ4v) is 3.08. The topological polar surface area (TPSA) is 92.1 Å². The van der Waals surface area contributed by atoms with E-state index in [1.807, 2.05) is 30.3 Å². The number of fused-ring (bicyclic) bond motifs is 1. The van der Waals surface area contributed by atoms with Crippen LogP contribution in [-0.2, 0) is 9.53 Å². The molecule has 0 unspecified atom stereocenters. The highest BCUT2D eigenvalue weighted by atomic mass is 32.1. The molecular weight excluding hydrogens is 326 g/mol. The number of ketones is 1. The molecule has 0 saturated heterocycles. The van der Waals surface area contributed by atoms with Crippen molar-refractivity contribution < 1.29 is 14.3 Å². The molecule has 1 aromatic carbocycles. The second-order valence-electron chi connectivity index (χ2n) is 6.35. The number of nitrogens with one attached hydrogen (secondary N) is 1. The van der Waals surface area contributed by atoms with Gasteiger partial charge in [0, 0.05) is 0 Å². The fraction of sp³-hybridized carbons (Fsp3) is 0.412. The standard InChI is InChI=1S/C17H19N3O3S/c1-10(19-16(22)23-17(2,3)4)14(21)11(9-18)15-20-12-7-5-6-8-13(12)24-15/h5-8,10-11H,1-4H3,(H,19,22)/t10-,11+/m0/s1. The third-order valence-electron chi connectivity index (χ3n) is 3.13. The largest absolute Gasteiger partial charge is 0.444 e. The number of hydrogen-bond donors (Lipinski definition) is 1. The summed E-state index contributed by atoms with van der Waals surface area (Å²) in [6, 6.07) is 8.58. The van der Waals surface area contributed by atoms with Gasteiger partial charge in [0.25, 0.3) is 0 Å². The molecule has 0 bridgehead atoms. The first kappa shape index (κ1) is 17.9. The lowest BCUT2D eigenvalue weighted by Crippen LogP contribution is -2.43. The number of carbonyl (C=O) groups is 2. The first-order valence-corrected chi connectivity index (χ1v) is 8.31. The number of ether oxygens (including phenoxy) is 1. The van der Waals surface area contributed by atoms with Gasteiger partial charge in [-0.15, -0.1) is 11.3 Å². The Morgan fingerprint density at radius 3 is 2.58 bits per heavy atom. The monoisotopic (exact) mass is 345 g/mol. The van der Waals surface area contributed by atoms with Crippen LogP contribution in [0.25, 0.3) is 10.2 Å². The lowest BCUT2D eigenvalue weighted by atomic mass is 10.0. The molecule has 0 saturated carbocycles. The van der Waals surface area contributed by atoms with Gasteiger partial charge in [0.2, 0.25) is 0 Å². The molecule has 126 valence electrons. The molecule has 1 aromatic heterocycles. The highest BCUT2D eigenvalue weighted by Gasteiger charge is 2.30. The number of Topliss-reactive ketones (excluding diaryl/α,β-unsaturated/α-hetero) is 1. The Morgan fingerprint density at radius 1 is 1.33 bits per heavy atom. The van der Waals surface area contributed by atoms with Gasteiger partial charge in [-0.3, -0.25) is 4.79 Å². The molecule has 0 fully saturated rings. The van der Waals surface area contributed by atoms with Crippen molar-refractivity contribution >= 4 is 33.4 Å². The lowest BCUT2D eigenvalue weighted by molar-refractivity contribution is -0.121. The predicted molar refractivity (Wildman–Crippen MR) is 91.8 cm³/mol. The highest BCUT2D eigenvalue weighted by molar-refractivity contribution is 7.18. The van der Waals surface area contributed by atoms with Gasteiger partial charge in [0.15, 0.2) is 11.7 Å². The van der Waals surface area contributed by atoms with Crippen molar-refractivity contribution in [3.05, 3.63) is 29.3 Å². The quantitative estimate of drug-likeness (QED) is 0.917. The van der Waals surface area contributed by atoms with Gasteiger partial charge in [-0.2, -0.15) is 5.26 Å². The number of thiazole rings is 1. The summed E-state index contributed by atoms with van der Waals surface area (Å²) >= 11 is 1.31. The maximum absolute atomic E-state index is 12.5. The summed E-state index contributed by atoms with van der Waals surface area (Å²) in [5.74, 6) is -1.44. The maximum Gasteiger partial charge on any atom is 0.408 e. The van der Waals surface area contributed by atoms with Crippen molar-refractivity contribution in [2.24, 2.45) is 0 Å². The van der Waals surface area contributed by atoms with Crippen LogP contribution in [0.5, 0.6) is 0 Å². The van der Waals surface area contributed by atoms with E-state index in [2.05, 4.69) is 10.3 Å². The molecule has 0 radical (unpaired) electrons. The molecule has 0 spiro atoms. The van der Waals surface area contributed by atoms with Crippen molar-refractivity contribution in [2.75, 3.05) is 0 Å². The Balaban J connectivity index is 2.13. The number of aromatic nitrogens is 1. The summed E-state index contributed by atoms with van der Waals surface area (Å²) in [4.78, 5) is 28.7. The third kappa shape index (κ3) is 4.30. The number of alkyl carbamates (subject to hydrolysis) is 1. The molecule has 0 aliphatic carbocycles. The van der Waals surface area contributed by atoms with Crippen molar-refractivity contribution in [1.29, 1.82) is 5.26 Å². The summed E-state index contributed by atoms with van der Waals surface area (Å²) in [6.07, 6.45) is -0.690. The van der Waals surface area contributed by atoms with E-state index in [1.165, 1.54) is 18.3 Å². The van der Waals surface area contributed by atoms with Crippen LogP contribution in [0.15, 0.2) is 24.3 Å². The Hall–Kier alpha value is -2.46. The van der Waals surface area contributed by atoms with Crippen LogP contribution in [-0.4, -0.2) is 28.5 Å². The van der Waals surface area contributed by atoms with Gasteiger partial charge >= 0.3 is 6.09 Å². The Labute approximate surface area is 144 Å². The molecule has 0 aliphatic heterocycles. The van der Waals surface area contributed by atoms with E-state index in [0.717, 1.165) is 10.2 Å². The summed E-state index contributed by atoms with van der Waals surface area (Å²) < 4.78 is 6.04. The minimum atomic E-state index is -1.02. The second-order valence-corrected chi connectivity index (χ2v) is 7.41. The van der Waals surface area contributed by atoms with Gasteiger partial charge < -0.3 is 10.1 Å². The van der Waals surface area contributed by atoms with Crippen LogP contribution < -0.4 is 5.32 Å². The molecule has 6 nitrogen and oxygen atoms in total. The SMILES string of the molecule is C[C@H](NC(=O)OC(C)(C)C)C(=O)[C@@H](C#N)c1nc2ccccc2s1. The molecule has 2 aromatic rings. The minimum absolute atomic E-state index is 0.414. The summed E-state index contributed by atoms with van der Waals surface area (Å²) in [5, 5.41) is 12.3. The third-order valence-corrected chi connectivity index (χ3v) is 4.23. The zero-order valence-corrected chi connectivity index (χ0v) is 14.8. The molecule has 1 heterocycles. The molecule has 2 atom stereocenters. The van der Waals surface area contributed by atoms with Crippen molar-refractivity contribution in [3.63, 3.8) is 0 Å². The van der Waals surface area contributed by atoms with Gasteiger partial charge in [0.05, 0.1) is 22.3 Å². The molecule has 24 heavy (non-hydrogen) atoms. The van der Waals surface area contributed by atoms with E-state index in [9.17, 15) is 14.9 Å². The summed E-state index contributed by atoms with van der Waals surface area (Å²) in [6.45, 7) is 6.73. The van der Waals surface area contributed by atoms with E-state index in [-0.39, 0.29) is 0 Å². The van der Waals surface area contributed by atoms with Crippen LogP contribution in [0.3, 0.4) is 0 Å². The Bertz CT molecular complexity index is 768. The maximum atomic E-state index is 12.5. The van der Waals surface area contributed by atoms with Crippen molar-refractivity contribution in [1.82, 2.24) is 10.3 Å². The average Bonchev–Trinajstić information content (AvgIpc) is 2.89. The van der Waals surface area contributed by atoms with Crippen molar-refractivity contribution in [2.45, 2.75) is 45.3 Å². The van der Waals surface area contributed by atoms with E-state index >= 15 is 0 Å². The van der Waals surface area contributed by atoms with Crippen LogP contribution in [0.1, 0.15) is 38.6 Å². The highest BCUT2D eigenvalue weighted by Crippen LogP contribution is 2.28. The van der Waals surface area contributed by atoms with Crippen LogP contribution in [0, 0.1) is 11.3 Å². The fourth-order valence-electron chi connectivity index (χ4n) is 2.06. The molecule has 7 heteroatoms. The van der Waals surface area contributed by atoms with E-state index < -0.39 is 29.4 Å². The number of nitriles is 1. The smallest absolute Gasteiger partial charge is 0.408 e. The number of nitrogens with zero attached hydrogens (tertiary/aromatic N) is 2. The normalized spacial score (nSPS) is 13.8. The number of amides is 1. The Morgan fingerprint density at radius 2 is 2.00 bits per heavy atom. The van der Waals surface area contributed by atoms with Crippen LogP contribution >= 0.6 is 11.3 Å². The lowest BCUT2D eigenvalue weighted by Gasteiger charge is -2.22. The second kappa shape index (κ2) is 6.97. The van der Waals surface area contributed by atoms with E-state index in [0.29, 0.717) is 5.01 Å². The molecule has 1 amide bonds. The first-order chi connectivity index (χ1) is 11.2. The number of para-hydroxylation sites is 1. The zero-order valence-electron chi connectivity index (χ0n) is 14.0. The Kier molecular flexibility index (Phi) is 5.20. The molecular formula is C17H19N3O3S. The predicted octanol–water partition coefficient (Wildman–Crippen LogP) is 3.39. The average molecular weight is 345 g/mol. The molecule has 2 rings (SSSR count). The minimum Gasteiger partial charge on any atom is -0.444 e. The summed E-state index contributed by atoms with van der Waals surface area (Å²) in [5.41, 5.74) is 0.0902. The van der Waals surface area contributed by atoms with Crippen LogP contribution in [0.2, 0.25) is 0 Å². The van der Waals surface area contributed by atoms with E-state index in [1.54, 1.807) is 20.8 Å². The van der Waals surface area contributed by atoms with Gasteiger partial charge in [0.1, 0.15) is 10.6 Å². The molecule has 0 aliphatic rings. The number of hydrogen-bond acceptors (Lipinski definition) is 6. The number of rotatable bonds is 4. The molecule has 1 N–H and O–H groups in total. The van der Waals surface area contributed by atoms with Gasteiger partial charge in [-0.05, 0) is 39.8 Å². The van der Waals surface area contributed by atoms with Crippen LogP contribution in [0.4, 0.5) is 4.79 Å². The number of carbonyl (C=O) groups excluding carboxylic acids is 2.